The Morgan fingerprint density at radius 2 is 1.64 bits per heavy atom. The van der Waals surface area contributed by atoms with Gasteiger partial charge in [0.2, 0.25) is 0 Å². The third-order valence-corrected chi connectivity index (χ3v) is 5.15. The molecule has 0 unspecified atom stereocenters. The van der Waals surface area contributed by atoms with E-state index in [-0.39, 0.29) is 11.9 Å². The van der Waals surface area contributed by atoms with Crippen LogP contribution in [0.5, 0.6) is 0 Å². The highest BCUT2D eigenvalue weighted by atomic mass is 16.5. The van der Waals surface area contributed by atoms with Crippen LogP contribution in [0.15, 0.2) is 65.9 Å². The molecule has 0 bridgehead atoms. The fourth-order valence-corrected chi connectivity index (χ4v) is 3.66. The third kappa shape index (κ3) is 3.64. The molecule has 3 amide bonds. The largest absolute Gasteiger partial charge is 0.378 e. The van der Waals surface area contributed by atoms with E-state index >= 15 is 0 Å². The number of nitrogens with zero attached hydrogens (tertiary/aromatic N) is 1. The average molecular weight is 377 g/mol. The van der Waals surface area contributed by atoms with Gasteiger partial charge in [-0.2, -0.15) is 0 Å². The molecule has 0 saturated carbocycles. The molecule has 0 aliphatic carbocycles. The number of morpholine rings is 1. The first-order chi connectivity index (χ1) is 13.6. The molecule has 1 atom stereocenters. The van der Waals surface area contributed by atoms with E-state index in [0.717, 1.165) is 16.7 Å². The van der Waals surface area contributed by atoms with E-state index in [4.69, 9.17) is 4.74 Å². The molecule has 2 aromatic rings. The first kappa shape index (κ1) is 18.3. The molecule has 144 valence electrons. The van der Waals surface area contributed by atoms with Gasteiger partial charge in [-0.25, -0.2) is 4.79 Å². The lowest BCUT2D eigenvalue weighted by Gasteiger charge is -2.34. The zero-order chi connectivity index (χ0) is 19.5. The van der Waals surface area contributed by atoms with Crippen molar-refractivity contribution in [2.45, 2.75) is 13.0 Å². The number of carbonyl (C=O) groups excluding carboxylic acids is 2. The highest BCUT2D eigenvalue weighted by molar-refractivity contribution is 5.98. The molecule has 6 heteroatoms. The lowest BCUT2D eigenvalue weighted by Crippen LogP contribution is -2.49. The van der Waals surface area contributed by atoms with Gasteiger partial charge in [-0.3, -0.25) is 4.79 Å². The summed E-state index contributed by atoms with van der Waals surface area (Å²) >= 11 is 0. The van der Waals surface area contributed by atoms with Crippen LogP contribution >= 0.6 is 0 Å². The molecule has 4 rings (SSSR count). The molecule has 0 aromatic heterocycles. The topological polar surface area (TPSA) is 70.7 Å². The minimum absolute atomic E-state index is 0.0644. The van der Waals surface area contributed by atoms with Crippen LogP contribution < -0.4 is 10.6 Å². The van der Waals surface area contributed by atoms with Gasteiger partial charge in [0.15, 0.2) is 0 Å². The van der Waals surface area contributed by atoms with Gasteiger partial charge in [-0.05, 0) is 23.6 Å². The van der Waals surface area contributed by atoms with E-state index in [2.05, 4.69) is 22.8 Å². The number of allylic oxidation sites excluding steroid dienone is 1. The average Bonchev–Trinajstić information content (AvgIpc) is 2.74. The van der Waals surface area contributed by atoms with Crippen molar-refractivity contribution in [3.63, 3.8) is 0 Å². The minimum atomic E-state index is -0.478. The van der Waals surface area contributed by atoms with Crippen LogP contribution in [0.2, 0.25) is 0 Å². The van der Waals surface area contributed by atoms with Gasteiger partial charge in [0, 0.05) is 18.8 Å². The number of amides is 3. The number of benzene rings is 2. The molecular weight excluding hydrogens is 354 g/mol. The summed E-state index contributed by atoms with van der Waals surface area (Å²) in [6, 6.07) is 17.3. The monoisotopic (exact) mass is 377 g/mol. The highest BCUT2D eigenvalue weighted by Gasteiger charge is 2.34. The van der Waals surface area contributed by atoms with E-state index in [1.54, 1.807) is 11.8 Å². The van der Waals surface area contributed by atoms with Gasteiger partial charge < -0.3 is 20.3 Å². The van der Waals surface area contributed by atoms with Crippen molar-refractivity contribution in [1.82, 2.24) is 15.5 Å². The van der Waals surface area contributed by atoms with E-state index in [0.29, 0.717) is 37.6 Å². The number of hydrogen-bond acceptors (Lipinski definition) is 3. The molecule has 0 spiro atoms. The number of hydrogen-bond donors (Lipinski definition) is 2. The molecule has 1 saturated heterocycles. The first-order valence-electron chi connectivity index (χ1n) is 9.44. The number of urea groups is 1. The van der Waals surface area contributed by atoms with Crippen molar-refractivity contribution >= 4 is 11.9 Å². The molecule has 2 aliphatic heterocycles. The summed E-state index contributed by atoms with van der Waals surface area (Å²) in [6.07, 6.45) is 0. The minimum Gasteiger partial charge on any atom is -0.378 e. The van der Waals surface area contributed by atoms with Gasteiger partial charge in [-0.15, -0.1) is 0 Å². The summed E-state index contributed by atoms with van der Waals surface area (Å²) in [5.41, 5.74) is 4.27. The highest BCUT2D eigenvalue weighted by Crippen LogP contribution is 2.30. The Balaban J connectivity index is 1.65. The van der Waals surface area contributed by atoms with E-state index in [1.165, 1.54) is 0 Å². The zero-order valence-electron chi connectivity index (χ0n) is 15.8. The normalized spacial score (nSPS) is 19.8. The molecular formula is C22H23N3O3. The molecule has 1 fully saturated rings. The van der Waals surface area contributed by atoms with Crippen LogP contribution in [0.4, 0.5) is 4.79 Å². The molecule has 0 radical (unpaired) electrons. The second kappa shape index (κ2) is 7.86. The fourth-order valence-electron chi connectivity index (χ4n) is 3.66. The van der Waals surface area contributed by atoms with Crippen molar-refractivity contribution in [1.29, 1.82) is 0 Å². The zero-order valence-corrected chi connectivity index (χ0v) is 15.8. The van der Waals surface area contributed by atoms with Crippen LogP contribution in [0.1, 0.15) is 18.5 Å². The van der Waals surface area contributed by atoms with Crippen LogP contribution in [-0.2, 0) is 9.53 Å². The standard InChI is InChI=1S/C22H23N3O3/c1-15-19(21(26)25-11-13-28-14-12-25)20(24-22(27)23-15)18-9-7-17(8-10-18)16-5-3-2-4-6-16/h2-10,20H,11-14H2,1H3,(H2,23,24,27)/t20-/m0/s1. The second-order valence-corrected chi connectivity index (χ2v) is 6.96. The van der Waals surface area contributed by atoms with E-state index < -0.39 is 6.04 Å². The molecule has 2 heterocycles. The van der Waals surface area contributed by atoms with Gasteiger partial charge in [0.05, 0.1) is 24.8 Å². The summed E-state index contributed by atoms with van der Waals surface area (Å²) < 4.78 is 5.35. The Morgan fingerprint density at radius 1 is 1.00 bits per heavy atom. The maximum atomic E-state index is 13.2. The van der Waals surface area contributed by atoms with Gasteiger partial charge in [-0.1, -0.05) is 54.6 Å². The summed E-state index contributed by atoms with van der Waals surface area (Å²) in [4.78, 5) is 27.0. The molecule has 2 N–H and O–H groups in total. The Morgan fingerprint density at radius 3 is 2.32 bits per heavy atom. The Labute approximate surface area is 164 Å². The maximum absolute atomic E-state index is 13.2. The van der Waals surface area contributed by atoms with Crippen LogP contribution in [0, 0.1) is 0 Å². The van der Waals surface area contributed by atoms with Gasteiger partial charge >= 0.3 is 6.03 Å². The van der Waals surface area contributed by atoms with Gasteiger partial charge in [0.25, 0.3) is 5.91 Å². The van der Waals surface area contributed by atoms with Crippen molar-refractivity contribution in [2.24, 2.45) is 0 Å². The Kier molecular flexibility index (Phi) is 5.12. The van der Waals surface area contributed by atoms with Crippen molar-refractivity contribution < 1.29 is 14.3 Å². The second-order valence-electron chi connectivity index (χ2n) is 6.96. The number of rotatable bonds is 3. The molecule has 28 heavy (non-hydrogen) atoms. The molecule has 6 nitrogen and oxygen atoms in total. The maximum Gasteiger partial charge on any atom is 0.319 e. The number of nitrogens with one attached hydrogen (secondary N) is 2. The summed E-state index contributed by atoms with van der Waals surface area (Å²) in [5.74, 6) is -0.0644. The van der Waals surface area contributed by atoms with Crippen LogP contribution in [0.25, 0.3) is 11.1 Å². The van der Waals surface area contributed by atoms with Crippen LogP contribution in [0.3, 0.4) is 0 Å². The molecule has 2 aromatic carbocycles. The molecule has 2 aliphatic rings. The predicted molar refractivity (Wildman–Crippen MR) is 106 cm³/mol. The van der Waals surface area contributed by atoms with E-state index in [1.807, 2.05) is 42.5 Å². The lowest BCUT2D eigenvalue weighted by atomic mass is 9.93. The van der Waals surface area contributed by atoms with Crippen LogP contribution in [-0.4, -0.2) is 43.1 Å². The van der Waals surface area contributed by atoms with E-state index in [9.17, 15) is 9.59 Å². The predicted octanol–water partition coefficient (Wildman–Crippen LogP) is 2.84. The third-order valence-electron chi connectivity index (χ3n) is 5.15. The Hall–Kier alpha value is -3.12. The summed E-state index contributed by atoms with van der Waals surface area (Å²) in [6.45, 7) is 3.97. The smallest absolute Gasteiger partial charge is 0.319 e. The van der Waals surface area contributed by atoms with Crippen molar-refractivity contribution in [3.05, 3.63) is 71.4 Å². The number of ether oxygens (including phenoxy) is 1. The fraction of sp³-hybridized carbons (Fsp3) is 0.273. The van der Waals surface area contributed by atoms with Crippen molar-refractivity contribution in [3.8, 4) is 11.1 Å². The van der Waals surface area contributed by atoms with Gasteiger partial charge in [0.1, 0.15) is 0 Å². The first-order valence-corrected chi connectivity index (χ1v) is 9.44. The van der Waals surface area contributed by atoms with Crippen molar-refractivity contribution in [2.75, 3.05) is 26.3 Å². The summed E-state index contributed by atoms with van der Waals surface area (Å²) in [7, 11) is 0. The lowest BCUT2D eigenvalue weighted by molar-refractivity contribution is -0.131. The Bertz CT molecular complexity index is 900. The SMILES string of the molecule is CC1=C(C(=O)N2CCOCC2)[C@H](c2ccc(-c3ccccc3)cc2)NC(=O)N1. The summed E-state index contributed by atoms with van der Waals surface area (Å²) in [5, 5.41) is 5.64. The number of carbonyl (C=O) groups is 2. The quantitative estimate of drug-likeness (QED) is 0.864.